The van der Waals surface area contributed by atoms with Crippen LogP contribution in [-0.2, 0) is 11.2 Å². The zero-order valence-corrected chi connectivity index (χ0v) is 16.0. The van der Waals surface area contributed by atoms with E-state index in [-0.39, 0.29) is 17.4 Å². The second-order valence-corrected chi connectivity index (χ2v) is 8.17. The van der Waals surface area contributed by atoms with E-state index in [1.54, 1.807) is 6.07 Å². The summed E-state index contributed by atoms with van der Waals surface area (Å²) in [7, 11) is 0. The van der Waals surface area contributed by atoms with Crippen molar-refractivity contribution >= 4 is 17.3 Å². The molecule has 5 nitrogen and oxygen atoms in total. The number of nitrogens with one attached hydrogen (secondary N) is 1. The maximum Gasteiger partial charge on any atom is 0.248 e. The number of ether oxygens (including phenoxy) is 1. The van der Waals surface area contributed by atoms with Crippen LogP contribution in [0.3, 0.4) is 0 Å². The number of carbonyl (C=O) groups excluding carboxylic acids is 1. The minimum absolute atomic E-state index is 0.0176. The molecule has 0 radical (unpaired) electrons. The van der Waals surface area contributed by atoms with Gasteiger partial charge in [-0.25, -0.2) is 0 Å². The Morgan fingerprint density at radius 3 is 2.52 bits per heavy atom. The monoisotopic (exact) mass is 365 g/mol. The van der Waals surface area contributed by atoms with Crippen LogP contribution in [0.4, 0.5) is 11.4 Å². The first-order valence-electron chi connectivity index (χ1n) is 9.56. The summed E-state index contributed by atoms with van der Waals surface area (Å²) in [4.78, 5) is 13.9. The average molecular weight is 365 g/mol. The number of hydrogen-bond acceptors (Lipinski definition) is 4. The molecule has 2 aliphatic heterocycles. The second-order valence-electron chi connectivity index (χ2n) is 8.17. The summed E-state index contributed by atoms with van der Waals surface area (Å²) >= 11 is 0. The molecule has 2 heterocycles. The van der Waals surface area contributed by atoms with Crippen molar-refractivity contribution in [3.63, 3.8) is 0 Å². The molecule has 142 valence electrons. The van der Waals surface area contributed by atoms with Crippen LogP contribution < -0.4 is 16.0 Å². The molecule has 27 heavy (non-hydrogen) atoms. The molecular formula is C22H27N3O2. The van der Waals surface area contributed by atoms with Gasteiger partial charge in [-0.15, -0.1) is 0 Å². The number of hydrogen-bond donors (Lipinski definition) is 2. The lowest BCUT2D eigenvalue weighted by Gasteiger charge is -2.41. The Morgan fingerprint density at radius 2 is 1.85 bits per heavy atom. The fourth-order valence-electron chi connectivity index (χ4n) is 4.21. The average Bonchev–Trinajstić information content (AvgIpc) is 2.67. The number of carbonyl (C=O) groups is 1. The van der Waals surface area contributed by atoms with Crippen LogP contribution in [0.25, 0.3) is 0 Å². The molecule has 1 saturated heterocycles. The zero-order valence-electron chi connectivity index (χ0n) is 16.0. The first-order valence-corrected chi connectivity index (χ1v) is 9.56. The molecule has 1 atom stereocenters. The summed E-state index contributed by atoms with van der Waals surface area (Å²) in [5, 5.41) is 3.68. The molecule has 2 aromatic carbocycles. The fourth-order valence-corrected chi connectivity index (χ4v) is 4.21. The van der Waals surface area contributed by atoms with Gasteiger partial charge >= 0.3 is 0 Å². The topological polar surface area (TPSA) is 67.6 Å². The molecule has 2 aliphatic rings. The Labute approximate surface area is 160 Å². The number of benzene rings is 2. The predicted octanol–water partition coefficient (Wildman–Crippen LogP) is 3.36. The van der Waals surface area contributed by atoms with Gasteiger partial charge in [-0.1, -0.05) is 26.0 Å². The third-order valence-electron chi connectivity index (χ3n) is 5.72. The Balaban J connectivity index is 1.59. The quantitative estimate of drug-likeness (QED) is 0.875. The second kappa shape index (κ2) is 6.89. The van der Waals surface area contributed by atoms with Crippen molar-refractivity contribution in [3.05, 3.63) is 59.2 Å². The summed E-state index contributed by atoms with van der Waals surface area (Å²) in [5.41, 5.74) is 10.8. The highest BCUT2D eigenvalue weighted by molar-refractivity contribution is 5.93. The van der Waals surface area contributed by atoms with Gasteiger partial charge in [0.25, 0.3) is 0 Å². The predicted molar refractivity (Wildman–Crippen MR) is 108 cm³/mol. The van der Waals surface area contributed by atoms with Gasteiger partial charge in [-0.05, 0) is 53.3 Å². The van der Waals surface area contributed by atoms with E-state index < -0.39 is 0 Å². The van der Waals surface area contributed by atoms with E-state index in [1.165, 1.54) is 11.3 Å². The first kappa shape index (κ1) is 17.9. The molecule has 1 unspecified atom stereocenters. The van der Waals surface area contributed by atoms with Gasteiger partial charge in [-0.3, -0.25) is 4.79 Å². The van der Waals surface area contributed by atoms with Crippen LogP contribution in [0.15, 0.2) is 42.5 Å². The normalized spacial score (nSPS) is 21.3. The Kier molecular flexibility index (Phi) is 4.56. The summed E-state index contributed by atoms with van der Waals surface area (Å²) in [6, 6.07) is 14.8. The summed E-state index contributed by atoms with van der Waals surface area (Å²) < 4.78 is 5.44. The van der Waals surface area contributed by atoms with E-state index in [9.17, 15) is 4.79 Å². The Hall–Kier alpha value is -2.53. The van der Waals surface area contributed by atoms with E-state index in [1.807, 2.05) is 12.1 Å². The van der Waals surface area contributed by atoms with Gasteiger partial charge in [0.15, 0.2) is 0 Å². The number of amides is 1. The molecule has 0 saturated carbocycles. The summed E-state index contributed by atoms with van der Waals surface area (Å²) in [5.74, 6) is -0.378. The first-order chi connectivity index (χ1) is 12.9. The number of morpholine rings is 1. The molecular weight excluding hydrogens is 338 g/mol. The van der Waals surface area contributed by atoms with Gasteiger partial charge < -0.3 is 20.7 Å². The maximum absolute atomic E-state index is 11.5. The van der Waals surface area contributed by atoms with Gasteiger partial charge in [0.1, 0.15) is 0 Å². The molecule has 0 aromatic heterocycles. The van der Waals surface area contributed by atoms with Crippen molar-refractivity contribution < 1.29 is 9.53 Å². The third-order valence-corrected chi connectivity index (χ3v) is 5.72. The number of rotatable bonds is 3. The van der Waals surface area contributed by atoms with Gasteiger partial charge in [0, 0.05) is 30.0 Å². The van der Waals surface area contributed by atoms with E-state index >= 15 is 0 Å². The van der Waals surface area contributed by atoms with Crippen molar-refractivity contribution in [1.29, 1.82) is 0 Å². The zero-order chi connectivity index (χ0) is 19.0. The van der Waals surface area contributed by atoms with Crippen LogP contribution in [0, 0.1) is 5.41 Å². The molecule has 2 aromatic rings. The lowest BCUT2D eigenvalue weighted by atomic mass is 9.72. The van der Waals surface area contributed by atoms with Crippen LogP contribution in [-0.4, -0.2) is 32.2 Å². The minimum Gasteiger partial charge on any atom is -0.378 e. The van der Waals surface area contributed by atoms with Crippen LogP contribution in [0.2, 0.25) is 0 Å². The maximum atomic E-state index is 11.5. The van der Waals surface area contributed by atoms with E-state index in [0.717, 1.165) is 44.0 Å². The van der Waals surface area contributed by atoms with E-state index in [2.05, 4.69) is 48.3 Å². The SMILES string of the molecule is CC1(C)Cc2cc(C(N)=O)ccc2NC1c1ccc(N2CCOCC2)cc1. The Morgan fingerprint density at radius 1 is 1.15 bits per heavy atom. The van der Waals surface area contributed by atoms with Crippen molar-refractivity contribution in [1.82, 2.24) is 0 Å². The van der Waals surface area contributed by atoms with Crippen LogP contribution in [0.1, 0.15) is 41.4 Å². The van der Waals surface area contributed by atoms with Gasteiger partial charge in [0.05, 0.1) is 19.3 Å². The molecule has 3 N–H and O–H groups in total. The molecule has 0 spiro atoms. The summed E-state index contributed by atoms with van der Waals surface area (Å²) in [6.07, 6.45) is 0.895. The fraction of sp³-hybridized carbons (Fsp3) is 0.409. The largest absolute Gasteiger partial charge is 0.378 e. The van der Waals surface area contributed by atoms with E-state index in [4.69, 9.17) is 10.5 Å². The highest BCUT2D eigenvalue weighted by atomic mass is 16.5. The van der Waals surface area contributed by atoms with Crippen molar-refractivity contribution in [2.45, 2.75) is 26.3 Å². The lowest BCUT2D eigenvalue weighted by Crippen LogP contribution is -2.36. The van der Waals surface area contributed by atoms with Gasteiger partial charge in [0.2, 0.25) is 5.91 Å². The molecule has 5 heteroatoms. The smallest absolute Gasteiger partial charge is 0.248 e. The molecule has 1 amide bonds. The lowest BCUT2D eigenvalue weighted by molar-refractivity contribution is 0.1000. The van der Waals surface area contributed by atoms with Crippen molar-refractivity contribution in [2.75, 3.05) is 36.5 Å². The standard InChI is InChI=1S/C22H27N3O2/c1-22(2)14-17-13-16(21(23)26)5-8-19(17)24-20(22)15-3-6-18(7-4-15)25-9-11-27-12-10-25/h3-8,13,20,24H,9-12,14H2,1-2H3,(H2,23,26). The number of nitrogens with zero attached hydrogens (tertiary/aromatic N) is 1. The summed E-state index contributed by atoms with van der Waals surface area (Å²) in [6.45, 7) is 8.01. The van der Waals surface area contributed by atoms with Crippen LogP contribution in [0.5, 0.6) is 0 Å². The molecule has 0 aliphatic carbocycles. The minimum atomic E-state index is -0.378. The number of fused-ring (bicyclic) bond motifs is 1. The van der Waals surface area contributed by atoms with E-state index in [0.29, 0.717) is 5.56 Å². The van der Waals surface area contributed by atoms with Gasteiger partial charge in [-0.2, -0.15) is 0 Å². The molecule has 1 fully saturated rings. The third kappa shape index (κ3) is 3.52. The number of nitrogens with two attached hydrogens (primary N) is 1. The molecule has 4 rings (SSSR count). The van der Waals surface area contributed by atoms with Crippen molar-refractivity contribution in [3.8, 4) is 0 Å². The Bertz CT molecular complexity index is 839. The highest BCUT2D eigenvalue weighted by Gasteiger charge is 2.36. The highest BCUT2D eigenvalue weighted by Crippen LogP contribution is 2.45. The number of anilines is 2. The molecule has 0 bridgehead atoms. The van der Waals surface area contributed by atoms with Crippen LogP contribution >= 0.6 is 0 Å². The van der Waals surface area contributed by atoms with Crippen molar-refractivity contribution in [2.24, 2.45) is 11.1 Å². The number of primary amides is 1.